The second kappa shape index (κ2) is 8.43. The maximum absolute atomic E-state index is 13.6. The minimum Gasteiger partial charge on any atom is -0.390 e. The van der Waals surface area contributed by atoms with Gasteiger partial charge in [-0.05, 0) is 69.1 Å². The van der Waals surface area contributed by atoms with Gasteiger partial charge in [0.25, 0.3) is 5.91 Å². The molecule has 9 heteroatoms. The van der Waals surface area contributed by atoms with E-state index >= 15 is 0 Å². The molecule has 1 saturated heterocycles. The molecule has 1 amide bonds. The van der Waals surface area contributed by atoms with Crippen LogP contribution in [0.1, 0.15) is 92.6 Å². The van der Waals surface area contributed by atoms with Crippen molar-refractivity contribution in [2.75, 3.05) is 16.8 Å². The lowest BCUT2D eigenvalue weighted by Gasteiger charge is -2.36. The molecule has 4 unspecified atom stereocenters. The zero-order chi connectivity index (χ0) is 23.5. The topological polar surface area (TPSA) is 121 Å². The molecule has 2 heterocycles. The average molecular weight is 489 g/mol. The van der Waals surface area contributed by atoms with Crippen LogP contribution in [0.25, 0.3) is 0 Å². The quantitative estimate of drug-likeness (QED) is 0.583. The maximum atomic E-state index is 13.6. The van der Waals surface area contributed by atoms with Gasteiger partial charge in [-0.1, -0.05) is 19.3 Å². The Bertz CT molecular complexity index is 1070. The number of nitrogens with one attached hydrogen (secondary N) is 2. The Morgan fingerprint density at radius 1 is 1.09 bits per heavy atom. The van der Waals surface area contributed by atoms with Gasteiger partial charge < -0.3 is 15.7 Å². The van der Waals surface area contributed by atoms with Crippen molar-refractivity contribution in [3.63, 3.8) is 0 Å². The van der Waals surface area contributed by atoms with Crippen LogP contribution in [-0.2, 0) is 9.84 Å². The highest BCUT2D eigenvalue weighted by Crippen LogP contribution is 2.55. The smallest absolute Gasteiger partial charge is 0.254 e. The van der Waals surface area contributed by atoms with Gasteiger partial charge in [-0.3, -0.25) is 4.79 Å². The van der Waals surface area contributed by atoms with E-state index in [1.807, 2.05) is 0 Å². The van der Waals surface area contributed by atoms with Crippen molar-refractivity contribution in [2.45, 2.75) is 94.2 Å². The molecular weight excluding hydrogens is 452 g/mol. The highest BCUT2D eigenvalue weighted by molar-refractivity contribution is 7.91. The first-order valence-corrected chi connectivity index (χ1v) is 15.0. The van der Waals surface area contributed by atoms with Gasteiger partial charge in [-0.25, -0.2) is 18.4 Å². The van der Waals surface area contributed by atoms with E-state index in [2.05, 4.69) is 15.6 Å². The van der Waals surface area contributed by atoms with Crippen LogP contribution < -0.4 is 10.6 Å². The SMILES string of the molecule is O=C(N[C@H]1C2CC3C[C@@](O)(CCCC31)C2)c1cnc(NC2CCS(=O)(=O)C2)nc1C1CCCC1. The van der Waals surface area contributed by atoms with Gasteiger partial charge in [0.05, 0.1) is 28.4 Å². The van der Waals surface area contributed by atoms with Gasteiger partial charge in [0, 0.05) is 24.2 Å². The molecule has 5 fully saturated rings. The molecule has 8 nitrogen and oxygen atoms in total. The van der Waals surface area contributed by atoms with Crippen LogP contribution in [-0.4, -0.2) is 58.6 Å². The van der Waals surface area contributed by atoms with Crippen molar-refractivity contribution in [3.05, 3.63) is 17.5 Å². The molecule has 0 spiro atoms. The van der Waals surface area contributed by atoms with Gasteiger partial charge in [-0.2, -0.15) is 0 Å². The third-order valence-corrected chi connectivity index (χ3v) is 11.1. The number of hydrogen-bond acceptors (Lipinski definition) is 7. The molecule has 6 rings (SSSR count). The number of nitrogens with zero attached hydrogens (tertiary/aromatic N) is 2. The number of aromatic nitrogens is 2. The van der Waals surface area contributed by atoms with Crippen molar-refractivity contribution in [1.82, 2.24) is 15.3 Å². The summed E-state index contributed by atoms with van der Waals surface area (Å²) in [5.74, 6) is 2.18. The Hall–Kier alpha value is -1.74. The molecule has 3 N–H and O–H groups in total. The summed E-state index contributed by atoms with van der Waals surface area (Å²) in [6, 6.07) is -0.0614. The molecule has 34 heavy (non-hydrogen) atoms. The normalized spacial score (nSPS) is 38.7. The van der Waals surface area contributed by atoms with E-state index in [1.165, 1.54) is 0 Å². The van der Waals surface area contributed by atoms with E-state index in [0.717, 1.165) is 69.9 Å². The minimum absolute atomic E-state index is 0.0939. The Balaban J connectivity index is 1.23. The van der Waals surface area contributed by atoms with E-state index in [0.29, 0.717) is 35.7 Å². The first kappa shape index (κ1) is 22.7. The molecule has 1 aromatic rings. The number of carbonyl (C=O) groups excluding carboxylic acids is 1. The number of aliphatic hydroxyl groups is 1. The highest BCUT2D eigenvalue weighted by atomic mass is 32.2. The lowest BCUT2D eigenvalue weighted by Crippen LogP contribution is -2.44. The molecule has 0 aromatic carbocycles. The maximum Gasteiger partial charge on any atom is 0.254 e. The van der Waals surface area contributed by atoms with Crippen molar-refractivity contribution < 1.29 is 18.3 Å². The summed E-state index contributed by atoms with van der Waals surface area (Å²) in [6.07, 6.45) is 12.3. The zero-order valence-corrected chi connectivity index (χ0v) is 20.5. The van der Waals surface area contributed by atoms with E-state index in [-0.39, 0.29) is 35.4 Å². The van der Waals surface area contributed by atoms with Crippen molar-refractivity contribution in [3.8, 4) is 0 Å². The summed E-state index contributed by atoms with van der Waals surface area (Å²) in [5, 5.41) is 17.6. The molecule has 1 aliphatic heterocycles. The summed E-state index contributed by atoms with van der Waals surface area (Å²) >= 11 is 0. The zero-order valence-electron chi connectivity index (χ0n) is 19.7. The largest absolute Gasteiger partial charge is 0.390 e. The van der Waals surface area contributed by atoms with E-state index in [4.69, 9.17) is 4.98 Å². The van der Waals surface area contributed by atoms with Crippen molar-refractivity contribution in [1.29, 1.82) is 0 Å². The summed E-state index contributed by atoms with van der Waals surface area (Å²) in [4.78, 5) is 22.8. The van der Waals surface area contributed by atoms with Crippen LogP contribution in [0.2, 0.25) is 0 Å². The third kappa shape index (κ3) is 4.23. The molecular formula is C25H36N4O4S. The predicted octanol–water partition coefficient (Wildman–Crippen LogP) is 2.79. The van der Waals surface area contributed by atoms with E-state index < -0.39 is 15.4 Å². The molecule has 3 bridgehead atoms. The lowest BCUT2D eigenvalue weighted by atomic mass is 9.76. The van der Waals surface area contributed by atoms with E-state index in [1.54, 1.807) is 6.20 Å². The Morgan fingerprint density at radius 3 is 2.65 bits per heavy atom. The minimum atomic E-state index is -3.00. The first-order valence-electron chi connectivity index (χ1n) is 13.2. The molecule has 186 valence electrons. The fourth-order valence-electron chi connectivity index (χ4n) is 7.84. The van der Waals surface area contributed by atoms with Gasteiger partial charge in [0.15, 0.2) is 9.84 Å². The number of sulfone groups is 1. The summed E-state index contributed by atoms with van der Waals surface area (Å²) in [7, 11) is -3.00. The van der Waals surface area contributed by atoms with Crippen LogP contribution in [0, 0.1) is 17.8 Å². The highest BCUT2D eigenvalue weighted by Gasteiger charge is 2.54. The molecule has 6 atom stereocenters. The average Bonchev–Trinajstić information content (AvgIpc) is 3.47. The molecule has 4 saturated carbocycles. The van der Waals surface area contributed by atoms with E-state index in [9.17, 15) is 18.3 Å². The van der Waals surface area contributed by atoms with Crippen LogP contribution in [0.5, 0.6) is 0 Å². The second-order valence-electron chi connectivity index (χ2n) is 11.7. The van der Waals surface area contributed by atoms with Crippen LogP contribution in [0.3, 0.4) is 0 Å². The number of amides is 1. The number of rotatable bonds is 5. The molecule has 4 aliphatic carbocycles. The monoisotopic (exact) mass is 488 g/mol. The molecule has 5 aliphatic rings. The van der Waals surface area contributed by atoms with Gasteiger partial charge in [0.2, 0.25) is 5.95 Å². The summed E-state index contributed by atoms with van der Waals surface area (Å²) < 4.78 is 23.7. The Kier molecular flexibility index (Phi) is 5.63. The fraction of sp³-hybridized carbons (Fsp3) is 0.800. The third-order valence-electron chi connectivity index (χ3n) is 9.31. The van der Waals surface area contributed by atoms with Gasteiger partial charge in [0.1, 0.15) is 0 Å². The molecule has 0 radical (unpaired) electrons. The number of carbonyl (C=O) groups is 1. The predicted molar refractivity (Wildman–Crippen MR) is 128 cm³/mol. The fourth-order valence-corrected chi connectivity index (χ4v) is 9.51. The number of fused-ring (bicyclic) bond motifs is 2. The van der Waals surface area contributed by atoms with Crippen molar-refractivity contribution >= 4 is 21.7 Å². The lowest BCUT2D eigenvalue weighted by molar-refractivity contribution is -0.0263. The number of hydrogen-bond donors (Lipinski definition) is 3. The van der Waals surface area contributed by atoms with Crippen LogP contribution in [0.4, 0.5) is 5.95 Å². The van der Waals surface area contributed by atoms with Crippen LogP contribution >= 0.6 is 0 Å². The molecule has 1 aromatic heterocycles. The van der Waals surface area contributed by atoms with Crippen LogP contribution in [0.15, 0.2) is 6.20 Å². The number of anilines is 1. The van der Waals surface area contributed by atoms with Crippen molar-refractivity contribution in [2.24, 2.45) is 17.8 Å². The second-order valence-corrected chi connectivity index (χ2v) is 13.9. The Morgan fingerprint density at radius 2 is 1.88 bits per heavy atom. The van der Waals surface area contributed by atoms with Gasteiger partial charge >= 0.3 is 0 Å². The Labute approximate surface area is 201 Å². The van der Waals surface area contributed by atoms with Gasteiger partial charge in [-0.15, -0.1) is 0 Å². The summed E-state index contributed by atoms with van der Waals surface area (Å²) in [5.41, 5.74) is 0.819. The standard InChI is InChI=1S/C25H36N4O4S/c30-23(28-22-17-10-16-11-25(31,12-17)8-3-6-19(16)22)20-13-26-24(27-18-7-9-34(32,33)14-18)29-21(20)15-4-1-2-5-15/h13,15-19,22,31H,1-12,14H2,(H,28,30)(H,26,27,29)/t16?,17?,18?,19?,22-,25-/m0/s1. The summed E-state index contributed by atoms with van der Waals surface area (Å²) in [6.45, 7) is 0. The first-order chi connectivity index (χ1) is 16.3.